The molecule has 0 aliphatic rings. The topological polar surface area (TPSA) is 20.2 Å². The molecule has 7 heavy (non-hydrogen) atoms. The van der Waals surface area contributed by atoms with Crippen molar-refractivity contribution in [1.29, 1.82) is 0 Å². The molecule has 5 heteroatoms. The van der Waals surface area contributed by atoms with Gasteiger partial charge in [-0.05, 0) is 0 Å². The highest BCUT2D eigenvalue weighted by Crippen LogP contribution is 1.77. The number of aliphatic hydroxyl groups is 1. The molecule has 0 aromatic carbocycles. The summed E-state index contributed by atoms with van der Waals surface area (Å²) in [7, 11) is 0. The fourth-order valence-electron chi connectivity index (χ4n) is 0. The minimum absolute atomic E-state index is 1.75. The Morgan fingerprint density at radius 3 is 1.29 bits per heavy atom. The minimum Gasteiger partial charge on any atom is -0.339 e. The largest absolute Gasteiger partial charge is 0.342 e. The predicted octanol–water partition coefficient (Wildman–Crippen LogP) is 1.08. The summed E-state index contributed by atoms with van der Waals surface area (Å²) in [6, 6.07) is 0. The molecule has 1 N–H and O–H groups in total. The van der Waals surface area contributed by atoms with E-state index in [0.29, 0.717) is 0 Å². The van der Waals surface area contributed by atoms with Crippen LogP contribution in [0.2, 0.25) is 0 Å². The zero-order chi connectivity index (χ0) is 6.28. The summed E-state index contributed by atoms with van der Waals surface area (Å²) in [5.41, 5.74) is 0. The molecule has 0 atom stereocenters. The lowest BCUT2D eigenvalue weighted by atomic mass is 11.5. The van der Waals surface area contributed by atoms with E-state index in [0.717, 1.165) is 0 Å². The van der Waals surface area contributed by atoms with Crippen LogP contribution < -0.4 is 0 Å². The molecular weight excluding hydrogens is 116 g/mol. The van der Waals surface area contributed by atoms with Crippen LogP contribution in [0.4, 0.5) is 17.6 Å². The first kappa shape index (κ1) is 9.84. The van der Waals surface area contributed by atoms with Crippen LogP contribution in [0.5, 0.6) is 0 Å². The van der Waals surface area contributed by atoms with Crippen molar-refractivity contribution < 1.29 is 22.7 Å². The van der Waals surface area contributed by atoms with Crippen LogP contribution in [0.1, 0.15) is 0 Å². The second-order valence-electron chi connectivity index (χ2n) is 0.379. The second kappa shape index (κ2) is 9.19. The van der Waals surface area contributed by atoms with Gasteiger partial charge in [0.05, 0.1) is 0 Å². The molecule has 0 saturated heterocycles. The second-order valence-corrected chi connectivity index (χ2v) is 0.379. The van der Waals surface area contributed by atoms with Crippen molar-refractivity contribution in [3.05, 3.63) is 0 Å². The molecule has 0 unspecified atom stereocenters. The highest BCUT2D eigenvalue weighted by Gasteiger charge is 1.81. The molecule has 0 radical (unpaired) electrons. The van der Waals surface area contributed by atoms with E-state index in [2.05, 4.69) is 0 Å². The normalized spacial score (nSPS) is 7.71. The monoisotopic (exact) mass is 120 g/mol. The molecule has 0 rings (SSSR count). The maximum Gasteiger partial charge on any atom is 0.342 e. The number of aliphatic hydroxyl groups excluding tert-OH is 1. The molecule has 0 aromatic heterocycles. The molecule has 0 aromatic rings. The minimum atomic E-state index is -3.17. The summed E-state index contributed by atoms with van der Waals surface area (Å²) >= 11 is 0. The predicted molar refractivity (Wildman–Crippen MR) is 15.3 cm³/mol. The molecule has 0 amide bonds. The average molecular weight is 120 g/mol. The summed E-state index contributed by atoms with van der Waals surface area (Å²) < 4.78 is 39.0. The fourth-order valence-corrected chi connectivity index (χ4v) is 0. The Morgan fingerprint density at radius 1 is 1.29 bits per heavy atom. The van der Waals surface area contributed by atoms with Gasteiger partial charge in [0.25, 0.3) is 0 Å². The highest BCUT2D eigenvalue weighted by atomic mass is 19.3. The van der Waals surface area contributed by atoms with E-state index in [-0.39, 0.29) is 0 Å². The third-order valence-corrected chi connectivity index (χ3v) is 0. The summed E-state index contributed by atoms with van der Waals surface area (Å²) in [5.74, 6) is 0. The van der Waals surface area contributed by atoms with E-state index in [9.17, 15) is 17.6 Å². The maximum atomic E-state index is 9.89. The van der Waals surface area contributed by atoms with Gasteiger partial charge in [0.1, 0.15) is 0 Å². The smallest absolute Gasteiger partial charge is 0.339 e. The van der Waals surface area contributed by atoms with Crippen LogP contribution >= 0.6 is 0 Å². The zero-order valence-electron chi connectivity index (χ0n) is 3.24. The Hall–Kier alpha value is -0.320. The Labute approximate surface area is 37.6 Å². The quantitative estimate of drug-likeness (QED) is 0.474. The van der Waals surface area contributed by atoms with Gasteiger partial charge in [0, 0.05) is 0 Å². The molecule has 0 aliphatic carbocycles. The van der Waals surface area contributed by atoms with Crippen LogP contribution in [0, 0.1) is 0 Å². The van der Waals surface area contributed by atoms with E-state index < -0.39 is 13.5 Å². The van der Waals surface area contributed by atoms with Crippen molar-refractivity contribution in [2.45, 2.75) is 6.61 Å². The van der Waals surface area contributed by atoms with Gasteiger partial charge in [-0.1, -0.05) is 0 Å². The summed E-state index contributed by atoms with van der Waals surface area (Å²) in [4.78, 5) is 0. The average Bonchev–Trinajstić information content (AvgIpc) is 1.33. The molecule has 0 aliphatic heterocycles. The van der Waals surface area contributed by atoms with Gasteiger partial charge >= 0.3 is 6.61 Å². The van der Waals surface area contributed by atoms with Crippen LogP contribution in [-0.4, -0.2) is 18.6 Å². The Kier molecular flexibility index (Phi) is 12.9. The van der Waals surface area contributed by atoms with Crippen molar-refractivity contribution in [1.82, 2.24) is 0 Å². The third-order valence-electron chi connectivity index (χ3n) is 0. The number of hydrogen-bond acceptors (Lipinski definition) is 1. The van der Waals surface area contributed by atoms with E-state index in [1.165, 1.54) is 0 Å². The van der Waals surface area contributed by atoms with Crippen molar-refractivity contribution in [3.63, 3.8) is 0 Å². The van der Waals surface area contributed by atoms with Gasteiger partial charge in [0.2, 0.25) is 6.93 Å². The first-order valence-corrected chi connectivity index (χ1v) is 1.23. The van der Waals surface area contributed by atoms with Gasteiger partial charge < -0.3 is 5.11 Å². The summed E-state index contributed by atoms with van der Waals surface area (Å²) in [6.45, 7) is -4.92. The lowest BCUT2D eigenvalue weighted by Gasteiger charge is -1.70. The van der Waals surface area contributed by atoms with Gasteiger partial charge in [-0.15, -0.1) is 0 Å². The Morgan fingerprint density at radius 2 is 1.29 bits per heavy atom. The van der Waals surface area contributed by atoms with Crippen LogP contribution in [0.3, 0.4) is 0 Å². The molecular formula is C2H4F4O. The number of halogens is 4. The van der Waals surface area contributed by atoms with Crippen LogP contribution in [0.15, 0.2) is 0 Å². The van der Waals surface area contributed by atoms with Gasteiger partial charge in [-0.25, -0.2) is 8.78 Å². The zero-order valence-corrected chi connectivity index (χ0v) is 3.24. The molecule has 46 valence electrons. The standard InChI is InChI=1S/CH2F2O.CH2F2/c2-1(3)4;2-1-3/h1,4H;1H2. The van der Waals surface area contributed by atoms with Crippen LogP contribution in [0.25, 0.3) is 0 Å². The number of rotatable bonds is 0. The number of alkyl halides is 4. The summed E-state index contributed by atoms with van der Waals surface area (Å²) in [6.07, 6.45) is 0. The van der Waals surface area contributed by atoms with Crippen LogP contribution in [-0.2, 0) is 0 Å². The van der Waals surface area contributed by atoms with Crippen molar-refractivity contribution in [2.75, 3.05) is 6.93 Å². The first-order valence-electron chi connectivity index (χ1n) is 1.23. The van der Waals surface area contributed by atoms with E-state index in [1.807, 2.05) is 0 Å². The van der Waals surface area contributed by atoms with E-state index in [4.69, 9.17) is 5.11 Å². The fraction of sp³-hybridized carbons (Fsp3) is 1.00. The van der Waals surface area contributed by atoms with Gasteiger partial charge in [-0.3, -0.25) is 0 Å². The van der Waals surface area contributed by atoms with E-state index in [1.54, 1.807) is 0 Å². The molecule has 0 fully saturated rings. The molecule has 0 heterocycles. The lowest BCUT2D eigenvalue weighted by molar-refractivity contribution is -0.0728. The first-order chi connectivity index (χ1) is 3.15. The summed E-state index contributed by atoms with van der Waals surface area (Å²) in [5, 5.41) is 6.72. The Bertz CT molecular complexity index is 20.9. The maximum absolute atomic E-state index is 9.89. The third kappa shape index (κ3) is 751. The Balaban J connectivity index is 0. The molecule has 1 nitrogen and oxygen atoms in total. The van der Waals surface area contributed by atoms with Gasteiger partial charge in [0.15, 0.2) is 0 Å². The highest BCUT2D eigenvalue weighted by molar-refractivity contribution is 3.81. The SMILES string of the molecule is FCF.OC(F)F. The number of hydrogen-bond donors (Lipinski definition) is 1. The lowest BCUT2D eigenvalue weighted by Crippen LogP contribution is -1.78. The van der Waals surface area contributed by atoms with Crippen molar-refractivity contribution in [2.24, 2.45) is 0 Å². The molecule has 0 bridgehead atoms. The molecule has 0 saturated carbocycles. The van der Waals surface area contributed by atoms with E-state index >= 15 is 0 Å². The van der Waals surface area contributed by atoms with Gasteiger partial charge in [-0.2, -0.15) is 8.78 Å². The van der Waals surface area contributed by atoms with Crippen molar-refractivity contribution >= 4 is 0 Å². The molecule has 0 spiro atoms. The van der Waals surface area contributed by atoms with Crippen molar-refractivity contribution in [3.8, 4) is 0 Å².